The van der Waals surface area contributed by atoms with Gasteiger partial charge < -0.3 is 24.6 Å². The van der Waals surface area contributed by atoms with Crippen molar-refractivity contribution in [3.8, 4) is 22.2 Å². The van der Waals surface area contributed by atoms with Crippen molar-refractivity contribution in [2.24, 2.45) is 0 Å². The Hall–Kier alpha value is -5.02. The van der Waals surface area contributed by atoms with Gasteiger partial charge >= 0.3 is 6.09 Å². The van der Waals surface area contributed by atoms with Gasteiger partial charge in [-0.3, -0.25) is 10.1 Å². The highest BCUT2D eigenvalue weighted by Gasteiger charge is 2.34. The molecule has 13 nitrogen and oxygen atoms in total. The minimum absolute atomic E-state index is 0.0126. The monoisotopic (exact) mass is 661 g/mol. The van der Waals surface area contributed by atoms with E-state index in [1.54, 1.807) is 26.1 Å². The van der Waals surface area contributed by atoms with Crippen LogP contribution in [-0.4, -0.2) is 73.5 Å². The highest BCUT2D eigenvalue weighted by molar-refractivity contribution is 7.21. The SMILES string of the molecule is COc1cnc2c(-c3nc4cc(F)c(O[C@@H](C)[C@@H](C)OC(=O)Nc5cnc(C(=O)NCC6(O)CCC6)nc5)cc4s3)cc(C)cc2n1. The van der Waals surface area contributed by atoms with Crippen molar-refractivity contribution in [1.82, 2.24) is 30.2 Å². The van der Waals surface area contributed by atoms with Crippen LogP contribution in [0.5, 0.6) is 11.6 Å². The largest absolute Gasteiger partial charge is 0.484 e. The molecule has 2 amide bonds. The summed E-state index contributed by atoms with van der Waals surface area (Å²) in [5.41, 5.74) is 2.84. The second kappa shape index (κ2) is 13.0. The van der Waals surface area contributed by atoms with Gasteiger partial charge in [0.05, 0.1) is 58.2 Å². The first-order valence-electron chi connectivity index (χ1n) is 14.9. The van der Waals surface area contributed by atoms with Gasteiger partial charge in [-0.1, -0.05) is 0 Å². The van der Waals surface area contributed by atoms with Crippen molar-refractivity contribution < 1.29 is 33.3 Å². The fraction of sp³-hybridized carbons (Fsp3) is 0.344. The van der Waals surface area contributed by atoms with E-state index in [9.17, 15) is 14.7 Å². The van der Waals surface area contributed by atoms with E-state index in [1.807, 2.05) is 19.1 Å². The Morgan fingerprint density at radius 1 is 1.04 bits per heavy atom. The maximum atomic E-state index is 15.2. The van der Waals surface area contributed by atoms with Crippen molar-refractivity contribution >= 4 is 50.3 Å². The molecular weight excluding hydrogens is 629 g/mol. The number of aliphatic hydroxyl groups is 1. The number of ether oxygens (including phenoxy) is 3. The molecule has 0 aliphatic heterocycles. The number of rotatable bonds is 10. The zero-order valence-corrected chi connectivity index (χ0v) is 26.9. The number of benzene rings is 2. The van der Waals surface area contributed by atoms with Gasteiger partial charge in [-0.15, -0.1) is 11.3 Å². The summed E-state index contributed by atoms with van der Waals surface area (Å²) in [5.74, 6) is -0.854. The molecule has 0 saturated heterocycles. The summed E-state index contributed by atoms with van der Waals surface area (Å²) in [7, 11) is 1.53. The molecule has 1 aliphatic rings. The number of carbonyl (C=O) groups excluding carboxylic acids is 2. The first-order valence-corrected chi connectivity index (χ1v) is 15.7. The zero-order chi connectivity index (χ0) is 33.3. The van der Waals surface area contributed by atoms with Crippen LogP contribution in [0, 0.1) is 12.7 Å². The van der Waals surface area contributed by atoms with E-state index in [0.717, 1.165) is 17.5 Å². The molecule has 6 rings (SSSR count). The van der Waals surface area contributed by atoms with Gasteiger partial charge in [0.1, 0.15) is 17.2 Å². The molecular formula is C32H32FN7O6S. The number of hydrogen-bond donors (Lipinski definition) is 3. The van der Waals surface area contributed by atoms with Gasteiger partial charge in [-0.2, -0.15) is 0 Å². The van der Waals surface area contributed by atoms with Crippen LogP contribution >= 0.6 is 11.3 Å². The van der Waals surface area contributed by atoms with E-state index >= 15 is 4.39 Å². The molecule has 0 spiro atoms. The van der Waals surface area contributed by atoms with Crippen molar-refractivity contribution in [3.05, 3.63) is 60.1 Å². The Bertz CT molecular complexity index is 1970. The van der Waals surface area contributed by atoms with E-state index < -0.39 is 35.6 Å². The summed E-state index contributed by atoms with van der Waals surface area (Å²) in [5, 5.41) is 15.9. The lowest BCUT2D eigenvalue weighted by Crippen LogP contribution is -2.48. The van der Waals surface area contributed by atoms with Crippen LogP contribution in [-0.2, 0) is 4.74 Å². The molecule has 15 heteroatoms. The number of thiazole rings is 1. The Kier molecular flexibility index (Phi) is 8.84. The van der Waals surface area contributed by atoms with Gasteiger partial charge in [0, 0.05) is 24.2 Å². The minimum Gasteiger partial charge on any atom is -0.484 e. The molecule has 0 unspecified atom stereocenters. The summed E-state index contributed by atoms with van der Waals surface area (Å²) in [6.07, 6.45) is 3.96. The van der Waals surface area contributed by atoms with Crippen molar-refractivity contribution in [3.63, 3.8) is 0 Å². The van der Waals surface area contributed by atoms with Crippen LogP contribution in [0.2, 0.25) is 0 Å². The third-order valence-electron chi connectivity index (χ3n) is 7.88. The van der Waals surface area contributed by atoms with Crippen molar-refractivity contribution in [1.29, 1.82) is 0 Å². The van der Waals surface area contributed by atoms with E-state index in [0.29, 0.717) is 45.0 Å². The Morgan fingerprint density at radius 2 is 1.81 bits per heavy atom. The second-order valence-electron chi connectivity index (χ2n) is 11.5. The fourth-order valence-corrected chi connectivity index (χ4v) is 5.94. The van der Waals surface area contributed by atoms with Gasteiger partial charge in [-0.25, -0.2) is 34.1 Å². The number of carbonyl (C=O) groups is 2. The van der Waals surface area contributed by atoms with E-state index in [-0.39, 0.29) is 23.8 Å². The second-order valence-corrected chi connectivity index (χ2v) is 12.5. The summed E-state index contributed by atoms with van der Waals surface area (Å²) in [6, 6.07) is 6.75. The summed E-state index contributed by atoms with van der Waals surface area (Å²) in [4.78, 5) is 46.4. The fourth-order valence-electron chi connectivity index (χ4n) is 4.95. The predicted molar refractivity (Wildman–Crippen MR) is 172 cm³/mol. The molecule has 1 saturated carbocycles. The van der Waals surface area contributed by atoms with Gasteiger partial charge in [0.2, 0.25) is 11.7 Å². The third-order valence-corrected chi connectivity index (χ3v) is 8.93. The number of methoxy groups -OCH3 is 1. The van der Waals surface area contributed by atoms with Gasteiger partial charge in [0.15, 0.2) is 11.6 Å². The normalized spacial score (nSPS) is 15.0. The molecule has 3 aromatic heterocycles. The highest BCUT2D eigenvalue weighted by Crippen LogP contribution is 2.37. The lowest BCUT2D eigenvalue weighted by molar-refractivity contribution is -0.0301. The number of fused-ring (bicyclic) bond motifs is 2. The van der Waals surface area contributed by atoms with Crippen molar-refractivity contribution in [2.75, 3.05) is 19.0 Å². The number of anilines is 1. The number of amides is 2. The first kappa shape index (κ1) is 31.9. The molecule has 47 heavy (non-hydrogen) atoms. The zero-order valence-electron chi connectivity index (χ0n) is 26.0. The van der Waals surface area contributed by atoms with Gasteiger partial charge in [-0.05, 0) is 57.7 Å². The first-order chi connectivity index (χ1) is 22.5. The maximum absolute atomic E-state index is 15.2. The van der Waals surface area contributed by atoms with E-state index in [4.69, 9.17) is 14.2 Å². The molecule has 3 heterocycles. The maximum Gasteiger partial charge on any atom is 0.412 e. The van der Waals surface area contributed by atoms with Crippen LogP contribution in [0.3, 0.4) is 0 Å². The molecule has 0 radical (unpaired) electrons. The summed E-state index contributed by atoms with van der Waals surface area (Å²) >= 11 is 1.36. The Morgan fingerprint density at radius 3 is 2.51 bits per heavy atom. The smallest absolute Gasteiger partial charge is 0.412 e. The van der Waals surface area contributed by atoms with E-state index in [2.05, 4.69) is 35.6 Å². The topological polar surface area (TPSA) is 171 Å². The Labute approximate surface area is 272 Å². The average Bonchev–Trinajstić information content (AvgIpc) is 3.44. The molecule has 5 aromatic rings. The molecule has 0 bridgehead atoms. The van der Waals surface area contributed by atoms with Crippen LogP contribution in [0.15, 0.2) is 42.9 Å². The molecule has 2 aromatic carbocycles. The predicted octanol–water partition coefficient (Wildman–Crippen LogP) is 5.20. The van der Waals surface area contributed by atoms with Crippen molar-refractivity contribution in [2.45, 2.75) is 57.8 Å². The number of aromatic nitrogens is 5. The lowest BCUT2D eigenvalue weighted by atomic mass is 9.80. The Balaban J connectivity index is 1.08. The number of hydrogen-bond acceptors (Lipinski definition) is 12. The molecule has 3 N–H and O–H groups in total. The highest BCUT2D eigenvalue weighted by atomic mass is 32.1. The quantitative estimate of drug-likeness (QED) is 0.180. The standard InChI is InChI=1S/C32H32FN7O6S/c1-16-8-20(27-23(9-16)39-26(44-4)14-34-27)30-40-22-10-21(33)24(11-25(22)47-30)45-17(2)18(3)46-31(42)38-19-12-35-28(36-13-19)29(41)37-15-32(43)6-5-7-32/h8-14,17-18,43H,5-7,15H2,1-4H3,(H,37,41)(H,38,42)/t17-,18+/m0/s1. The number of aryl methyl sites for hydroxylation is 1. The molecule has 2 atom stereocenters. The van der Waals surface area contributed by atoms with Crippen LogP contribution in [0.4, 0.5) is 14.9 Å². The summed E-state index contributed by atoms with van der Waals surface area (Å²) < 4.78 is 32.4. The van der Waals surface area contributed by atoms with Gasteiger partial charge in [0.25, 0.3) is 5.91 Å². The molecule has 1 fully saturated rings. The molecule has 244 valence electrons. The van der Waals surface area contributed by atoms with Crippen LogP contribution in [0.1, 0.15) is 49.3 Å². The third kappa shape index (κ3) is 7.05. The average molecular weight is 662 g/mol. The minimum atomic E-state index is -0.870. The van der Waals surface area contributed by atoms with Crippen LogP contribution in [0.25, 0.3) is 31.8 Å². The van der Waals surface area contributed by atoms with Crippen LogP contribution < -0.4 is 20.1 Å². The number of nitrogens with one attached hydrogen (secondary N) is 2. The number of halogens is 1. The molecule has 1 aliphatic carbocycles. The van der Waals surface area contributed by atoms with E-state index in [1.165, 1.54) is 36.9 Å². The summed E-state index contributed by atoms with van der Waals surface area (Å²) in [6.45, 7) is 5.34. The number of nitrogens with zero attached hydrogens (tertiary/aromatic N) is 5. The lowest BCUT2D eigenvalue weighted by Gasteiger charge is -2.36.